The van der Waals surface area contributed by atoms with Crippen LogP contribution in [-0.2, 0) is 22.0 Å². The van der Waals surface area contributed by atoms with Gasteiger partial charge in [0.1, 0.15) is 5.75 Å². The number of anilines is 1. The van der Waals surface area contributed by atoms with Crippen LogP contribution in [0.4, 0.5) is 18.9 Å². The van der Waals surface area contributed by atoms with Crippen LogP contribution in [0.2, 0.25) is 0 Å². The normalized spacial score (nSPS) is 12.0. The molecule has 0 atom stereocenters. The third-order valence-electron chi connectivity index (χ3n) is 4.05. The van der Waals surface area contributed by atoms with E-state index in [0.717, 1.165) is 17.8 Å². The molecule has 0 fully saturated rings. The van der Waals surface area contributed by atoms with Crippen LogP contribution in [0.3, 0.4) is 0 Å². The summed E-state index contributed by atoms with van der Waals surface area (Å²) in [5.74, 6) is -0.191. The molecule has 0 aliphatic carbocycles. The van der Waals surface area contributed by atoms with Gasteiger partial charge in [0.2, 0.25) is 10.0 Å². The van der Waals surface area contributed by atoms with Gasteiger partial charge in [-0.2, -0.15) is 13.2 Å². The average molecular weight is 425 g/mol. The zero-order chi connectivity index (χ0) is 21.2. The Labute approximate surface area is 166 Å². The van der Waals surface area contributed by atoms with Gasteiger partial charge >= 0.3 is 6.18 Å². The van der Waals surface area contributed by atoms with Crippen molar-refractivity contribution in [2.75, 3.05) is 11.8 Å². The van der Waals surface area contributed by atoms with Gasteiger partial charge in [0.25, 0.3) is 0 Å². The van der Waals surface area contributed by atoms with Crippen molar-refractivity contribution in [2.45, 2.75) is 18.9 Å². The molecule has 0 saturated heterocycles. The number of rotatable bonds is 6. The van der Waals surface area contributed by atoms with Gasteiger partial charge in [-0.15, -0.1) is 0 Å². The van der Waals surface area contributed by atoms with Crippen LogP contribution in [0.25, 0.3) is 5.69 Å². The van der Waals surface area contributed by atoms with Crippen molar-refractivity contribution in [1.29, 1.82) is 0 Å². The standard InChI is InChI=1S/C19H18F3N3O3S/c1-13-10-25(12-23-13)17-7-6-16(9-18(17)28-2)24-29(26,27)11-14-4-3-5-15(8-14)19(20,21)22/h3-10,12,24H,11H2,1-2H3. The second-order valence-corrected chi connectivity index (χ2v) is 8.09. The summed E-state index contributed by atoms with van der Waals surface area (Å²) in [6.45, 7) is 1.83. The Hall–Kier alpha value is -3.01. The van der Waals surface area contributed by atoms with Gasteiger partial charge in [-0.05, 0) is 30.7 Å². The van der Waals surface area contributed by atoms with Crippen molar-refractivity contribution in [3.8, 4) is 11.4 Å². The van der Waals surface area contributed by atoms with Crippen LogP contribution in [0.1, 0.15) is 16.8 Å². The molecule has 3 aromatic rings. The number of methoxy groups -OCH3 is 1. The fourth-order valence-electron chi connectivity index (χ4n) is 2.78. The lowest BCUT2D eigenvalue weighted by molar-refractivity contribution is -0.137. The third-order valence-corrected chi connectivity index (χ3v) is 5.31. The predicted octanol–water partition coefficient (Wildman–Crippen LogP) is 4.15. The number of nitrogens with zero attached hydrogens (tertiary/aromatic N) is 2. The van der Waals surface area contributed by atoms with Crippen LogP contribution in [0, 0.1) is 6.92 Å². The number of hydrogen-bond donors (Lipinski definition) is 1. The Morgan fingerprint density at radius 1 is 1.17 bits per heavy atom. The van der Waals surface area contributed by atoms with E-state index in [9.17, 15) is 21.6 Å². The summed E-state index contributed by atoms with van der Waals surface area (Å²) in [5.41, 5.74) is 0.831. The molecule has 0 aliphatic heterocycles. The van der Waals surface area contributed by atoms with Crippen LogP contribution in [0.15, 0.2) is 55.0 Å². The number of benzene rings is 2. The third kappa shape index (κ3) is 5.08. The van der Waals surface area contributed by atoms with E-state index in [4.69, 9.17) is 4.74 Å². The van der Waals surface area contributed by atoms with E-state index in [1.807, 2.05) is 6.92 Å². The van der Waals surface area contributed by atoms with Gasteiger partial charge < -0.3 is 9.30 Å². The lowest BCUT2D eigenvalue weighted by Gasteiger charge is -2.13. The Bertz CT molecular complexity index is 1120. The molecule has 0 unspecified atom stereocenters. The maximum Gasteiger partial charge on any atom is 0.416 e. The number of halogens is 3. The number of nitrogens with one attached hydrogen (secondary N) is 1. The Morgan fingerprint density at radius 3 is 2.55 bits per heavy atom. The van der Waals surface area contributed by atoms with E-state index < -0.39 is 27.5 Å². The van der Waals surface area contributed by atoms with E-state index in [-0.39, 0.29) is 11.3 Å². The summed E-state index contributed by atoms with van der Waals surface area (Å²) in [6, 6.07) is 8.92. The summed E-state index contributed by atoms with van der Waals surface area (Å²) in [4.78, 5) is 4.14. The first kappa shape index (κ1) is 20.7. The van der Waals surface area contributed by atoms with Crippen LogP contribution < -0.4 is 9.46 Å². The minimum absolute atomic E-state index is 0.0322. The van der Waals surface area contributed by atoms with Crippen LogP contribution >= 0.6 is 0 Å². The van der Waals surface area contributed by atoms with Crippen molar-refractivity contribution in [2.24, 2.45) is 0 Å². The number of hydrogen-bond acceptors (Lipinski definition) is 4. The quantitative estimate of drug-likeness (QED) is 0.644. The highest BCUT2D eigenvalue weighted by molar-refractivity contribution is 7.91. The molecular weight excluding hydrogens is 407 g/mol. The number of aryl methyl sites for hydroxylation is 1. The number of ether oxygens (including phenoxy) is 1. The molecule has 154 valence electrons. The Balaban J connectivity index is 1.82. The summed E-state index contributed by atoms with van der Waals surface area (Å²) in [5, 5.41) is 0. The minimum atomic E-state index is -4.54. The van der Waals surface area contributed by atoms with Gasteiger partial charge in [-0.1, -0.05) is 18.2 Å². The average Bonchev–Trinajstić information content (AvgIpc) is 3.06. The molecule has 0 spiro atoms. The van der Waals surface area contributed by atoms with E-state index in [2.05, 4.69) is 9.71 Å². The fraction of sp³-hybridized carbons (Fsp3) is 0.211. The molecule has 3 rings (SSSR count). The van der Waals surface area contributed by atoms with Gasteiger partial charge in [-0.25, -0.2) is 13.4 Å². The van der Waals surface area contributed by atoms with Crippen molar-refractivity contribution in [3.05, 3.63) is 71.8 Å². The summed E-state index contributed by atoms with van der Waals surface area (Å²) >= 11 is 0. The second-order valence-electron chi connectivity index (χ2n) is 6.37. The predicted molar refractivity (Wildman–Crippen MR) is 103 cm³/mol. The zero-order valence-electron chi connectivity index (χ0n) is 15.6. The number of imidazole rings is 1. The van der Waals surface area contributed by atoms with Gasteiger partial charge in [-0.3, -0.25) is 4.72 Å². The van der Waals surface area contributed by atoms with Crippen LogP contribution in [-0.4, -0.2) is 25.1 Å². The highest BCUT2D eigenvalue weighted by Gasteiger charge is 2.30. The monoisotopic (exact) mass is 425 g/mol. The molecule has 1 N–H and O–H groups in total. The van der Waals surface area contributed by atoms with E-state index in [0.29, 0.717) is 11.4 Å². The van der Waals surface area contributed by atoms with Crippen molar-refractivity contribution >= 4 is 15.7 Å². The zero-order valence-corrected chi connectivity index (χ0v) is 16.4. The first-order valence-electron chi connectivity index (χ1n) is 8.43. The number of aromatic nitrogens is 2. The molecule has 2 aromatic carbocycles. The SMILES string of the molecule is COc1cc(NS(=O)(=O)Cc2cccc(C(F)(F)F)c2)ccc1-n1cnc(C)c1. The topological polar surface area (TPSA) is 73.2 Å². The first-order chi connectivity index (χ1) is 13.6. The van der Waals surface area contributed by atoms with Gasteiger partial charge in [0, 0.05) is 12.3 Å². The van der Waals surface area contributed by atoms with Gasteiger partial charge in [0.15, 0.2) is 0 Å². The first-order valence-corrected chi connectivity index (χ1v) is 10.1. The summed E-state index contributed by atoms with van der Waals surface area (Å²) < 4.78 is 72.8. The largest absolute Gasteiger partial charge is 0.494 e. The molecule has 0 aliphatic rings. The molecule has 6 nitrogen and oxygen atoms in total. The van der Waals surface area contributed by atoms with E-state index in [1.54, 1.807) is 23.2 Å². The highest BCUT2D eigenvalue weighted by atomic mass is 32.2. The number of alkyl halides is 3. The van der Waals surface area contributed by atoms with E-state index in [1.165, 1.54) is 31.4 Å². The Morgan fingerprint density at radius 2 is 1.93 bits per heavy atom. The molecule has 0 radical (unpaired) electrons. The molecule has 0 bridgehead atoms. The molecular formula is C19H18F3N3O3S. The lowest BCUT2D eigenvalue weighted by Crippen LogP contribution is -2.16. The summed E-state index contributed by atoms with van der Waals surface area (Å²) in [7, 11) is -2.49. The molecule has 29 heavy (non-hydrogen) atoms. The van der Waals surface area contributed by atoms with Crippen molar-refractivity contribution < 1.29 is 26.3 Å². The maximum atomic E-state index is 12.8. The van der Waals surface area contributed by atoms with Gasteiger partial charge in [0.05, 0.1) is 41.8 Å². The summed E-state index contributed by atoms with van der Waals surface area (Å²) in [6.07, 6.45) is -1.15. The van der Waals surface area contributed by atoms with E-state index >= 15 is 0 Å². The smallest absolute Gasteiger partial charge is 0.416 e. The molecule has 0 saturated carbocycles. The Kier molecular flexibility index (Phi) is 5.56. The second kappa shape index (κ2) is 7.78. The van der Waals surface area contributed by atoms with Crippen molar-refractivity contribution in [1.82, 2.24) is 9.55 Å². The van der Waals surface area contributed by atoms with Crippen LogP contribution in [0.5, 0.6) is 5.75 Å². The maximum absolute atomic E-state index is 12.8. The number of sulfonamides is 1. The highest BCUT2D eigenvalue weighted by Crippen LogP contribution is 2.30. The fourth-order valence-corrected chi connectivity index (χ4v) is 3.96. The molecule has 0 amide bonds. The molecule has 1 aromatic heterocycles. The molecule has 1 heterocycles. The van der Waals surface area contributed by atoms with Crippen molar-refractivity contribution in [3.63, 3.8) is 0 Å². The minimum Gasteiger partial charge on any atom is -0.494 e. The molecule has 10 heteroatoms. The lowest BCUT2D eigenvalue weighted by atomic mass is 10.1.